The molecule has 0 fully saturated rings. The number of aliphatic imine (C=N–C) groups is 1. The number of guanidine groups is 1. The van der Waals surface area contributed by atoms with Crippen molar-refractivity contribution in [2.75, 3.05) is 0 Å². The maximum atomic E-state index is 9.22. The van der Waals surface area contributed by atoms with E-state index in [2.05, 4.69) is 9.98 Å². The number of phenols is 1. The van der Waals surface area contributed by atoms with Crippen molar-refractivity contribution in [2.24, 2.45) is 16.5 Å². The number of phenolic OH excluding ortho intramolecular Hbond substituents is 1. The van der Waals surface area contributed by atoms with Crippen molar-refractivity contribution < 1.29 is 5.11 Å². The molecular formula is C8H8N4OS. The Morgan fingerprint density at radius 2 is 2.21 bits per heavy atom. The van der Waals surface area contributed by atoms with Crippen molar-refractivity contribution in [3.8, 4) is 5.75 Å². The van der Waals surface area contributed by atoms with Gasteiger partial charge in [0.05, 0.1) is 10.2 Å². The maximum Gasteiger partial charge on any atom is 0.213 e. The number of fused-ring (bicyclic) bond motifs is 1. The van der Waals surface area contributed by atoms with Gasteiger partial charge >= 0.3 is 0 Å². The molecule has 0 saturated heterocycles. The highest BCUT2D eigenvalue weighted by atomic mass is 32.1. The van der Waals surface area contributed by atoms with Crippen LogP contribution in [-0.2, 0) is 0 Å². The van der Waals surface area contributed by atoms with Gasteiger partial charge in [-0.2, -0.15) is 4.99 Å². The Labute approximate surface area is 83.7 Å². The number of aromatic hydroxyl groups is 1. The summed E-state index contributed by atoms with van der Waals surface area (Å²) in [5, 5.41) is 9.71. The average Bonchev–Trinajstić information content (AvgIpc) is 2.44. The molecule has 5 N–H and O–H groups in total. The number of benzene rings is 1. The number of hydrogen-bond donors (Lipinski definition) is 3. The molecule has 1 heterocycles. The first-order valence-corrected chi connectivity index (χ1v) is 4.66. The standard InChI is InChI=1S/C8H8N4OS/c9-7(10)12-8-11-5-2-1-4(13)3-6(5)14-8/h1-3,13H,(H4,9,10,11,12). The normalized spacial score (nSPS) is 10.3. The molecule has 0 saturated carbocycles. The average molecular weight is 208 g/mol. The highest BCUT2D eigenvalue weighted by Gasteiger charge is 2.03. The zero-order chi connectivity index (χ0) is 10.1. The Hall–Kier alpha value is -1.82. The van der Waals surface area contributed by atoms with Gasteiger partial charge in [-0.05, 0) is 18.2 Å². The summed E-state index contributed by atoms with van der Waals surface area (Å²) < 4.78 is 0.852. The molecule has 0 aliphatic rings. The van der Waals surface area contributed by atoms with Crippen molar-refractivity contribution in [1.82, 2.24) is 4.98 Å². The summed E-state index contributed by atoms with van der Waals surface area (Å²) in [4.78, 5) is 7.98. The van der Waals surface area contributed by atoms with E-state index in [0.717, 1.165) is 10.2 Å². The summed E-state index contributed by atoms with van der Waals surface area (Å²) in [6.45, 7) is 0. The number of hydrogen-bond acceptors (Lipinski definition) is 4. The van der Waals surface area contributed by atoms with Gasteiger partial charge in [-0.3, -0.25) is 0 Å². The number of aromatic nitrogens is 1. The van der Waals surface area contributed by atoms with Crippen LogP contribution in [0.1, 0.15) is 0 Å². The van der Waals surface area contributed by atoms with E-state index >= 15 is 0 Å². The molecule has 2 rings (SSSR count). The third kappa shape index (κ3) is 1.60. The lowest BCUT2D eigenvalue weighted by Gasteiger charge is -1.87. The van der Waals surface area contributed by atoms with Crippen LogP contribution in [0.15, 0.2) is 23.2 Å². The molecule has 5 nitrogen and oxygen atoms in total. The molecule has 0 aliphatic carbocycles. The summed E-state index contributed by atoms with van der Waals surface area (Å²) in [6, 6.07) is 4.91. The molecule has 0 amide bonds. The Morgan fingerprint density at radius 1 is 1.43 bits per heavy atom. The minimum absolute atomic E-state index is 0.0201. The SMILES string of the molecule is NC(N)=Nc1nc2ccc(O)cc2s1. The van der Waals surface area contributed by atoms with Gasteiger partial charge in [0.15, 0.2) is 5.96 Å². The molecule has 72 valence electrons. The molecule has 0 aliphatic heterocycles. The molecular weight excluding hydrogens is 200 g/mol. The van der Waals surface area contributed by atoms with Crippen molar-refractivity contribution in [3.63, 3.8) is 0 Å². The lowest BCUT2D eigenvalue weighted by Crippen LogP contribution is -2.21. The Bertz CT molecular complexity index is 501. The predicted molar refractivity (Wildman–Crippen MR) is 56.8 cm³/mol. The molecule has 0 atom stereocenters. The van der Waals surface area contributed by atoms with Crippen LogP contribution < -0.4 is 11.5 Å². The molecule has 0 radical (unpaired) electrons. The van der Waals surface area contributed by atoms with Crippen molar-refractivity contribution in [3.05, 3.63) is 18.2 Å². The van der Waals surface area contributed by atoms with Crippen LogP contribution in [-0.4, -0.2) is 16.1 Å². The number of nitrogens with zero attached hydrogens (tertiary/aromatic N) is 2. The lowest BCUT2D eigenvalue weighted by molar-refractivity contribution is 0.476. The zero-order valence-corrected chi connectivity index (χ0v) is 7.95. The first-order valence-electron chi connectivity index (χ1n) is 3.84. The van der Waals surface area contributed by atoms with E-state index in [-0.39, 0.29) is 11.7 Å². The minimum atomic E-state index is -0.0201. The molecule has 14 heavy (non-hydrogen) atoms. The summed E-state index contributed by atoms with van der Waals surface area (Å²) in [7, 11) is 0. The second-order valence-corrected chi connectivity index (χ2v) is 3.69. The third-order valence-electron chi connectivity index (χ3n) is 1.59. The fourth-order valence-corrected chi connectivity index (χ4v) is 1.95. The molecule has 1 aromatic heterocycles. The second kappa shape index (κ2) is 3.15. The molecule has 6 heteroatoms. The van der Waals surface area contributed by atoms with Gasteiger partial charge in [-0.15, -0.1) is 0 Å². The van der Waals surface area contributed by atoms with Gasteiger partial charge in [-0.25, -0.2) is 4.98 Å². The smallest absolute Gasteiger partial charge is 0.213 e. The van der Waals surface area contributed by atoms with Crippen LogP contribution in [0.3, 0.4) is 0 Å². The van der Waals surface area contributed by atoms with E-state index in [4.69, 9.17) is 11.5 Å². The van der Waals surface area contributed by atoms with Gasteiger partial charge in [0, 0.05) is 0 Å². The topological polar surface area (TPSA) is 97.5 Å². The Kier molecular flexibility index (Phi) is 1.97. The fourth-order valence-electron chi connectivity index (χ4n) is 1.06. The molecule has 0 spiro atoms. The first kappa shape index (κ1) is 8.76. The number of nitrogens with two attached hydrogens (primary N) is 2. The summed E-state index contributed by atoms with van der Waals surface area (Å²) in [5.41, 5.74) is 11.2. The van der Waals surface area contributed by atoms with Crippen LogP contribution in [0, 0.1) is 0 Å². The third-order valence-corrected chi connectivity index (χ3v) is 2.50. The van der Waals surface area contributed by atoms with Gasteiger partial charge in [-0.1, -0.05) is 11.3 Å². The second-order valence-electron chi connectivity index (χ2n) is 2.69. The van der Waals surface area contributed by atoms with Gasteiger partial charge < -0.3 is 16.6 Å². The van der Waals surface area contributed by atoms with E-state index in [1.807, 2.05) is 0 Å². The van der Waals surface area contributed by atoms with E-state index in [9.17, 15) is 5.11 Å². The highest BCUT2D eigenvalue weighted by molar-refractivity contribution is 7.22. The van der Waals surface area contributed by atoms with E-state index in [1.54, 1.807) is 18.2 Å². The maximum absolute atomic E-state index is 9.22. The monoisotopic (exact) mass is 208 g/mol. The van der Waals surface area contributed by atoms with Gasteiger partial charge in [0.2, 0.25) is 5.13 Å². The van der Waals surface area contributed by atoms with E-state index < -0.39 is 0 Å². The lowest BCUT2D eigenvalue weighted by atomic mass is 10.3. The molecule has 0 bridgehead atoms. The largest absolute Gasteiger partial charge is 0.508 e. The van der Waals surface area contributed by atoms with E-state index in [1.165, 1.54) is 11.3 Å². The quantitative estimate of drug-likeness (QED) is 0.479. The van der Waals surface area contributed by atoms with Crippen LogP contribution >= 0.6 is 11.3 Å². The van der Waals surface area contributed by atoms with Gasteiger partial charge in [0.25, 0.3) is 0 Å². The number of thiazole rings is 1. The van der Waals surface area contributed by atoms with Crippen LogP contribution in [0.4, 0.5) is 5.13 Å². The van der Waals surface area contributed by atoms with Crippen molar-refractivity contribution in [2.45, 2.75) is 0 Å². The van der Waals surface area contributed by atoms with Crippen LogP contribution in [0.25, 0.3) is 10.2 Å². The minimum Gasteiger partial charge on any atom is -0.508 e. The van der Waals surface area contributed by atoms with Crippen LogP contribution in [0.2, 0.25) is 0 Å². The van der Waals surface area contributed by atoms with Crippen molar-refractivity contribution in [1.29, 1.82) is 0 Å². The number of rotatable bonds is 1. The molecule has 2 aromatic rings. The predicted octanol–water partition coefficient (Wildman–Crippen LogP) is 0.907. The van der Waals surface area contributed by atoms with Gasteiger partial charge in [0.1, 0.15) is 5.75 Å². The van der Waals surface area contributed by atoms with Crippen molar-refractivity contribution >= 4 is 32.6 Å². The zero-order valence-electron chi connectivity index (χ0n) is 7.14. The first-order chi connectivity index (χ1) is 6.65. The fraction of sp³-hybridized carbons (Fsp3) is 0. The molecule has 1 aromatic carbocycles. The Balaban J connectivity index is 2.57. The molecule has 0 unspecified atom stereocenters. The highest BCUT2D eigenvalue weighted by Crippen LogP contribution is 2.30. The van der Waals surface area contributed by atoms with E-state index in [0.29, 0.717) is 5.13 Å². The summed E-state index contributed by atoms with van der Waals surface area (Å²) in [6.07, 6.45) is 0. The van der Waals surface area contributed by atoms with Crippen LogP contribution in [0.5, 0.6) is 5.75 Å². The summed E-state index contributed by atoms with van der Waals surface area (Å²) in [5.74, 6) is 0.186. The summed E-state index contributed by atoms with van der Waals surface area (Å²) >= 11 is 1.32. The Morgan fingerprint density at radius 3 is 2.93 bits per heavy atom.